The zero-order valence-corrected chi connectivity index (χ0v) is 9.79. The Hall–Kier alpha value is -0.610. The summed E-state index contributed by atoms with van der Waals surface area (Å²) in [6, 6.07) is 0. The first-order chi connectivity index (χ1) is 7.27. The first-order valence-corrected chi connectivity index (χ1v) is 5.84. The van der Waals surface area contributed by atoms with Crippen molar-refractivity contribution < 1.29 is 9.53 Å². The molecule has 1 N–H and O–H groups in total. The lowest BCUT2D eigenvalue weighted by molar-refractivity contribution is -0.133. The molecule has 0 bridgehead atoms. The average Bonchev–Trinajstić information content (AvgIpc) is 2.18. The monoisotopic (exact) mass is 214 g/mol. The number of carbonyl (C=O) groups excluding carboxylic acids is 1. The average molecular weight is 214 g/mol. The molecule has 1 saturated heterocycles. The number of hydrogen-bond acceptors (Lipinski definition) is 3. The second-order valence-corrected chi connectivity index (χ2v) is 3.90. The third-order valence-corrected chi connectivity index (χ3v) is 2.77. The molecule has 0 aromatic carbocycles. The van der Waals surface area contributed by atoms with Crippen LogP contribution in [0.3, 0.4) is 0 Å². The minimum absolute atomic E-state index is 0.267. The number of likely N-dealkylation sites (N-methyl/N-ethyl adjacent to an activating group) is 1. The molecule has 1 rings (SSSR count). The molecule has 0 atom stereocenters. The molecule has 1 aliphatic heterocycles. The topological polar surface area (TPSA) is 41.6 Å². The maximum atomic E-state index is 11.8. The van der Waals surface area contributed by atoms with Crippen LogP contribution in [0.15, 0.2) is 0 Å². The molecule has 1 amide bonds. The summed E-state index contributed by atoms with van der Waals surface area (Å²) in [6.45, 7) is 8.86. The predicted octanol–water partition coefficient (Wildman–Crippen LogP) is 0.481. The highest BCUT2D eigenvalue weighted by atomic mass is 16.5. The van der Waals surface area contributed by atoms with E-state index in [1.807, 2.05) is 18.7 Å². The van der Waals surface area contributed by atoms with Gasteiger partial charge in [0.2, 0.25) is 5.91 Å². The van der Waals surface area contributed by atoms with Crippen molar-refractivity contribution in [3.63, 3.8) is 0 Å². The molecule has 0 radical (unpaired) electrons. The van der Waals surface area contributed by atoms with E-state index in [4.69, 9.17) is 4.74 Å². The molecule has 1 heterocycles. The van der Waals surface area contributed by atoms with Crippen LogP contribution in [0.1, 0.15) is 20.3 Å². The van der Waals surface area contributed by atoms with Crippen LogP contribution >= 0.6 is 0 Å². The van der Waals surface area contributed by atoms with Crippen molar-refractivity contribution in [2.45, 2.75) is 20.3 Å². The van der Waals surface area contributed by atoms with E-state index < -0.39 is 0 Å². The van der Waals surface area contributed by atoms with Crippen LogP contribution in [0.2, 0.25) is 0 Å². The van der Waals surface area contributed by atoms with Gasteiger partial charge < -0.3 is 15.0 Å². The number of nitrogens with one attached hydrogen (secondary N) is 1. The fourth-order valence-corrected chi connectivity index (χ4v) is 1.65. The van der Waals surface area contributed by atoms with Crippen LogP contribution in [0.25, 0.3) is 0 Å². The lowest BCUT2D eigenvalue weighted by Gasteiger charge is -2.29. The van der Waals surface area contributed by atoms with Gasteiger partial charge in [0.15, 0.2) is 0 Å². The first-order valence-electron chi connectivity index (χ1n) is 5.84. The summed E-state index contributed by atoms with van der Waals surface area (Å²) in [5, 5.41) is 3.18. The fraction of sp³-hybridized carbons (Fsp3) is 0.909. The van der Waals surface area contributed by atoms with E-state index in [1.54, 1.807) is 0 Å². The van der Waals surface area contributed by atoms with Crippen molar-refractivity contribution in [3.05, 3.63) is 0 Å². The van der Waals surface area contributed by atoms with Gasteiger partial charge in [0.05, 0.1) is 6.61 Å². The van der Waals surface area contributed by atoms with Gasteiger partial charge in [-0.2, -0.15) is 0 Å². The van der Waals surface area contributed by atoms with Gasteiger partial charge in [-0.15, -0.1) is 0 Å². The normalized spacial score (nSPS) is 16.1. The van der Waals surface area contributed by atoms with Gasteiger partial charge in [-0.1, -0.05) is 0 Å². The molecule has 4 nitrogen and oxygen atoms in total. The molecule has 0 aromatic heterocycles. The Labute approximate surface area is 92.0 Å². The Kier molecular flexibility index (Phi) is 5.65. The summed E-state index contributed by atoms with van der Waals surface area (Å²) >= 11 is 0. The Balaban J connectivity index is 2.19. The maximum absolute atomic E-state index is 11.8. The number of amides is 1. The summed E-state index contributed by atoms with van der Waals surface area (Å²) in [5.74, 6) is 0.822. The second-order valence-electron chi connectivity index (χ2n) is 3.90. The van der Waals surface area contributed by atoms with Gasteiger partial charge in [-0.05, 0) is 32.9 Å². The van der Waals surface area contributed by atoms with Crippen LogP contribution < -0.4 is 5.32 Å². The van der Waals surface area contributed by atoms with Gasteiger partial charge in [0.25, 0.3) is 0 Å². The Morgan fingerprint density at radius 3 is 2.67 bits per heavy atom. The van der Waals surface area contributed by atoms with E-state index in [0.717, 1.165) is 32.8 Å². The van der Waals surface area contributed by atoms with Crippen LogP contribution in [-0.2, 0) is 9.53 Å². The Morgan fingerprint density at radius 1 is 1.47 bits per heavy atom. The molecule has 0 unspecified atom stereocenters. The SMILES string of the molecule is CCOCCN(CC)C(=O)CC1CNC1. The summed E-state index contributed by atoms with van der Waals surface area (Å²) < 4.78 is 5.26. The van der Waals surface area contributed by atoms with Crippen molar-refractivity contribution >= 4 is 5.91 Å². The minimum atomic E-state index is 0.267. The molecule has 0 saturated carbocycles. The summed E-state index contributed by atoms with van der Waals surface area (Å²) in [5.41, 5.74) is 0. The summed E-state index contributed by atoms with van der Waals surface area (Å²) in [4.78, 5) is 13.7. The molecule has 88 valence electrons. The van der Waals surface area contributed by atoms with Crippen LogP contribution in [0.4, 0.5) is 0 Å². The first kappa shape index (κ1) is 12.5. The van der Waals surface area contributed by atoms with Gasteiger partial charge >= 0.3 is 0 Å². The van der Waals surface area contributed by atoms with E-state index in [1.165, 1.54) is 0 Å². The van der Waals surface area contributed by atoms with E-state index >= 15 is 0 Å². The number of nitrogens with zero attached hydrogens (tertiary/aromatic N) is 1. The van der Waals surface area contributed by atoms with Crippen LogP contribution in [-0.4, -0.2) is 50.2 Å². The molecule has 1 aliphatic rings. The molecule has 0 spiro atoms. The lowest BCUT2D eigenvalue weighted by atomic mass is 9.99. The van der Waals surface area contributed by atoms with Crippen LogP contribution in [0.5, 0.6) is 0 Å². The molecule has 0 aromatic rings. The van der Waals surface area contributed by atoms with Gasteiger partial charge in [0, 0.05) is 26.1 Å². The summed E-state index contributed by atoms with van der Waals surface area (Å²) in [6.07, 6.45) is 0.687. The number of hydrogen-bond donors (Lipinski definition) is 1. The highest BCUT2D eigenvalue weighted by molar-refractivity contribution is 5.76. The Bertz CT molecular complexity index is 193. The quantitative estimate of drug-likeness (QED) is 0.627. The second kappa shape index (κ2) is 6.80. The fourth-order valence-electron chi connectivity index (χ4n) is 1.65. The largest absolute Gasteiger partial charge is 0.380 e. The third-order valence-electron chi connectivity index (χ3n) is 2.77. The van der Waals surface area contributed by atoms with Crippen molar-refractivity contribution in [1.29, 1.82) is 0 Å². The van der Waals surface area contributed by atoms with Crippen molar-refractivity contribution in [3.8, 4) is 0 Å². The molecule has 15 heavy (non-hydrogen) atoms. The standard InChI is InChI=1S/C11H22N2O2/c1-3-13(5-6-15-4-2)11(14)7-10-8-12-9-10/h10,12H,3-9H2,1-2H3. The third kappa shape index (κ3) is 4.18. The number of carbonyl (C=O) groups is 1. The maximum Gasteiger partial charge on any atom is 0.223 e. The number of rotatable bonds is 7. The van der Waals surface area contributed by atoms with Crippen molar-refractivity contribution in [2.75, 3.05) is 39.4 Å². The minimum Gasteiger partial charge on any atom is -0.380 e. The smallest absolute Gasteiger partial charge is 0.223 e. The van der Waals surface area contributed by atoms with E-state index in [2.05, 4.69) is 5.32 Å². The van der Waals surface area contributed by atoms with E-state index in [0.29, 0.717) is 18.9 Å². The number of ether oxygens (including phenoxy) is 1. The van der Waals surface area contributed by atoms with Gasteiger partial charge in [-0.3, -0.25) is 4.79 Å². The Morgan fingerprint density at radius 2 is 2.20 bits per heavy atom. The zero-order chi connectivity index (χ0) is 11.1. The molecule has 4 heteroatoms. The van der Waals surface area contributed by atoms with Crippen molar-refractivity contribution in [1.82, 2.24) is 10.2 Å². The van der Waals surface area contributed by atoms with Crippen molar-refractivity contribution in [2.24, 2.45) is 5.92 Å². The van der Waals surface area contributed by atoms with Crippen LogP contribution in [0, 0.1) is 5.92 Å². The zero-order valence-electron chi connectivity index (χ0n) is 9.79. The van der Waals surface area contributed by atoms with E-state index in [9.17, 15) is 4.79 Å². The van der Waals surface area contributed by atoms with Gasteiger partial charge in [-0.25, -0.2) is 0 Å². The highest BCUT2D eigenvalue weighted by Crippen LogP contribution is 2.10. The molecular formula is C11H22N2O2. The highest BCUT2D eigenvalue weighted by Gasteiger charge is 2.22. The molecule has 0 aliphatic carbocycles. The predicted molar refractivity (Wildman–Crippen MR) is 59.7 cm³/mol. The van der Waals surface area contributed by atoms with E-state index in [-0.39, 0.29) is 5.91 Å². The molecular weight excluding hydrogens is 192 g/mol. The summed E-state index contributed by atoms with van der Waals surface area (Å²) in [7, 11) is 0. The van der Waals surface area contributed by atoms with Gasteiger partial charge in [0.1, 0.15) is 0 Å². The molecule has 1 fully saturated rings. The lowest BCUT2D eigenvalue weighted by Crippen LogP contribution is -2.45.